The highest BCUT2D eigenvalue weighted by molar-refractivity contribution is 5.68. The highest BCUT2D eigenvalue weighted by atomic mass is 16.6. The first-order chi connectivity index (χ1) is 20.1. The quantitative estimate of drug-likeness (QED) is 0.391. The molecule has 5 saturated carbocycles. The second kappa shape index (κ2) is 9.58. The fourth-order valence-electron chi connectivity index (χ4n) is 13.4. The molecular weight excluding hydrogens is 542 g/mol. The van der Waals surface area contributed by atoms with Crippen LogP contribution in [0.15, 0.2) is 0 Å². The maximum atomic E-state index is 12.8. The Morgan fingerprint density at radius 1 is 1.05 bits per heavy atom. The van der Waals surface area contributed by atoms with Crippen LogP contribution in [0.2, 0.25) is 0 Å². The average Bonchev–Trinajstić information content (AvgIpc) is 3.52. The first kappa shape index (κ1) is 30.7. The van der Waals surface area contributed by atoms with Gasteiger partial charge in [0.05, 0.1) is 23.9 Å². The second-order valence-electron chi connectivity index (χ2n) is 17.8. The second-order valence-corrected chi connectivity index (χ2v) is 17.8. The van der Waals surface area contributed by atoms with Gasteiger partial charge in [-0.25, -0.2) is 4.79 Å². The van der Waals surface area contributed by atoms with Crippen LogP contribution in [-0.2, 0) is 14.2 Å². The van der Waals surface area contributed by atoms with Gasteiger partial charge < -0.3 is 29.3 Å². The topological polar surface area (TPSA) is 88.5 Å². The molecule has 7 heteroatoms. The zero-order chi connectivity index (χ0) is 31.0. The van der Waals surface area contributed by atoms with E-state index in [2.05, 4.69) is 34.6 Å². The van der Waals surface area contributed by atoms with Gasteiger partial charge in [-0.05, 0) is 118 Å². The van der Waals surface area contributed by atoms with Crippen LogP contribution in [0.1, 0.15) is 113 Å². The molecule has 43 heavy (non-hydrogen) atoms. The minimum Gasteiger partial charge on any atom is -0.446 e. The maximum absolute atomic E-state index is 12.8. The Morgan fingerprint density at radius 2 is 1.72 bits per heavy atom. The number of fused-ring (bicyclic) bond motifs is 4. The maximum Gasteiger partial charge on any atom is 0.410 e. The van der Waals surface area contributed by atoms with Gasteiger partial charge in [0.15, 0.2) is 0 Å². The molecule has 2 N–H and O–H groups in total. The number of ether oxygens (including phenoxy) is 3. The summed E-state index contributed by atoms with van der Waals surface area (Å²) in [6.45, 7) is 19.8. The average molecular weight is 602 g/mol. The van der Waals surface area contributed by atoms with E-state index in [1.807, 2.05) is 25.7 Å². The van der Waals surface area contributed by atoms with Gasteiger partial charge in [-0.15, -0.1) is 0 Å². The monoisotopic (exact) mass is 601 g/mol. The van der Waals surface area contributed by atoms with Crippen molar-refractivity contribution >= 4 is 6.09 Å². The molecule has 0 aromatic rings. The van der Waals surface area contributed by atoms with E-state index in [-0.39, 0.29) is 46.1 Å². The number of rotatable bonds is 5. The minimum absolute atomic E-state index is 0.00329. The number of amides is 1. The molecular formula is C36H59NO6. The van der Waals surface area contributed by atoms with Gasteiger partial charge >= 0.3 is 6.09 Å². The Balaban J connectivity index is 1.16. The zero-order valence-electron chi connectivity index (χ0n) is 28.2. The van der Waals surface area contributed by atoms with Gasteiger partial charge in [0, 0.05) is 30.5 Å². The Bertz CT molecular complexity index is 1130. The molecule has 0 bridgehead atoms. The molecule has 7 nitrogen and oxygen atoms in total. The van der Waals surface area contributed by atoms with Crippen molar-refractivity contribution in [3.63, 3.8) is 0 Å². The lowest BCUT2D eigenvalue weighted by atomic mass is 9.41. The smallest absolute Gasteiger partial charge is 0.410 e. The third kappa shape index (κ3) is 3.83. The summed E-state index contributed by atoms with van der Waals surface area (Å²) in [5.74, 6) is 1.69. The van der Waals surface area contributed by atoms with Gasteiger partial charge in [0.25, 0.3) is 0 Å². The van der Waals surface area contributed by atoms with Crippen molar-refractivity contribution in [2.24, 2.45) is 50.7 Å². The molecule has 1 amide bonds. The lowest BCUT2D eigenvalue weighted by molar-refractivity contribution is -0.215. The predicted molar refractivity (Wildman–Crippen MR) is 164 cm³/mol. The standard InChI is InChI=1S/C36H59NO6/c1-9-41-29(32(5,6)40)22-19-21(2)26-27(42-22)28(38)34(8)24-12-11-23-31(3,4)25(43-30(39)37-17-10-18-37)13-14-35(23)20-36(24,35)16-15-33(26,34)7/h21-29,38,40H,9-20H2,1-8H3. The molecule has 5 aliphatic carbocycles. The SMILES string of the molecule is CCOC(C1CC(C)C2C(O1)C(O)C1(C)C3CCC4C(C)(C)C(OC(=O)N5CCC5)CCC45CC35CCC21C)C(C)(C)O. The van der Waals surface area contributed by atoms with E-state index in [9.17, 15) is 15.0 Å². The summed E-state index contributed by atoms with van der Waals surface area (Å²) in [5, 5.41) is 23.5. The number of hydrogen-bond donors (Lipinski definition) is 2. The summed E-state index contributed by atoms with van der Waals surface area (Å²) in [5.41, 5.74) is -0.718. The fourth-order valence-corrected chi connectivity index (χ4v) is 13.4. The Labute approximate surface area is 259 Å². The molecule has 13 atom stereocenters. The molecule has 0 aromatic carbocycles. The molecule has 2 spiro atoms. The van der Waals surface area contributed by atoms with Crippen molar-refractivity contribution in [2.45, 2.75) is 149 Å². The summed E-state index contributed by atoms with van der Waals surface area (Å²) in [4.78, 5) is 14.7. The van der Waals surface area contributed by atoms with Gasteiger partial charge in [0.2, 0.25) is 0 Å². The van der Waals surface area contributed by atoms with Crippen molar-refractivity contribution in [1.29, 1.82) is 0 Å². The summed E-state index contributed by atoms with van der Waals surface area (Å²) < 4.78 is 19.2. The first-order valence-corrected chi connectivity index (χ1v) is 17.7. The molecule has 2 aliphatic heterocycles. The van der Waals surface area contributed by atoms with E-state index in [1.165, 1.54) is 12.8 Å². The fraction of sp³-hybridized carbons (Fsp3) is 0.972. The van der Waals surface area contributed by atoms with Crippen LogP contribution >= 0.6 is 0 Å². The Hall–Kier alpha value is -0.890. The molecule has 7 rings (SSSR count). The van der Waals surface area contributed by atoms with Crippen LogP contribution < -0.4 is 0 Å². The molecule has 13 unspecified atom stereocenters. The summed E-state index contributed by atoms with van der Waals surface area (Å²) in [6.07, 6.45) is 8.41. The van der Waals surface area contributed by atoms with Gasteiger partial charge in [-0.1, -0.05) is 34.6 Å². The van der Waals surface area contributed by atoms with E-state index in [4.69, 9.17) is 14.2 Å². The molecule has 244 valence electrons. The number of likely N-dealkylation sites (tertiary alicyclic amines) is 1. The van der Waals surface area contributed by atoms with Crippen molar-refractivity contribution < 1.29 is 29.2 Å². The Morgan fingerprint density at radius 3 is 2.35 bits per heavy atom. The number of aliphatic hydroxyl groups excluding tert-OH is 1. The number of hydrogen-bond acceptors (Lipinski definition) is 6. The van der Waals surface area contributed by atoms with E-state index < -0.39 is 17.8 Å². The highest BCUT2D eigenvalue weighted by Gasteiger charge is 2.84. The number of aliphatic hydroxyl groups is 2. The third-order valence-electron chi connectivity index (χ3n) is 15.5. The largest absolute Gasteiger partial charge is 0.446 e. The predicted octanol–water partition coefficient (Wildman–Crippen LogP) is 6.19. The van der Waals surface area contributed by atoms with E-state index in [0.29, 0.717) is 35.7 Å². The Kier molecular flexibility index (Phi) is 6.85. The van der Waals surface area contributed by atoms with E-state index in [0.717, 1.165) is 58.0 Å². The molecule has 2 saturated heterocycles. The summed E-state index contributed by atoms with van der Waals surface area (Å²) in [7, 11) is 0. The van der Waals surface area contributed by atoms with Crippen LogP contribution in [0.5, 0.6) is 0 Å². The third-order valence-corrected chi connectivity index (χ3v) is 15.5. The first-order valence-electron chi connectivity index (χ1n) is 17.7. The summed E-state index contributed by atoms with van der Waals surface area (Å²) >= 11 is 0. The van der Waals surface area contributed by atoms with Crippen molar-refractivity contribution in [3.8, 4) is 0 Å². The van der Waals surface area contributed by atoms with Crippen LogP contribution in [-0.4, -0.2) is 77.0 Å². The molecule has 2 heterocycles. The molecule has 0 aromatic heterocycles. The van der Waals surface area contributed by atoms with Crippen LogP contribution in [0.25, 0.3) is 0 Å². The van der Waals surface area contributed by atoms with Crippen LogP contribution in [0.4, 0.5) is 4.79 Å². The normalized spacial score (nSPS) is 52.0. The van der Waals surface area contributed by atoms with Gasteiger partial charge in [0.1, 0.15) is 12.2 Å². The van der Waals surface area contributed by atoms with E-state index in [1.54, 1.807) is 0 Å². The van der Waals surface area contributed by atoms with Gasteiger partial charge in [-0.2, -0.15) is 0 Å². The lowest BCUT2D eigenvalue weighted by Crippen LogP contribution is -2.60. The molecule has 0 radical (unpaired) electrons. The van der Waals surface area contributed by atoms with Crippen LogP contribution in [0, 0.1) is 50.7 Å². The number of carbonyl (C=O) groups is 1. The van der Waals surface area contributed by atoms with Crippen molar-refractivity contribution in [2.75, 3.05) is 19.7 Å². The minimum atomic E-state index is -1.02. The number of carbonyl (C=O) groups excluding carboxylic acids is 1. The van der Waals surface area contributed by atoms with Crippen LogP contribution in [0.3, 0.4) is 0 Å². The van der Waals surface area contributed by atoms with E-state index >= 15 is 0 Å². The van der Waals surface area contributed by atoms with Crippen molar-refractivity contribution in [3.05, 3.63) is 0 Å². The van der Waals surface area contributed by atoms with Gasteiger partial charge in [-0.3, -0.25) is 0 Å². The molecule has 7 fully saturated rings. The summed E-state index contributed by atoms with van der Waals surface area (Å²) in [6, 6.07) is 0. The highest BCUT2D eigenvalue weighted by Crippen LogP contribution is 2.89. The molecule has 7 aliphatic rings. The number of nitrogens with zero attached hydrogens (tertiary/aromatic N) is 1. The van der Waals surface area contributed by atoms with Crippen molar-refractivity contribution in [1.82, 2.24) is 4.90 Å². The lowest BCUT2D eigenvalue weighted by Gasteiger charge is -2.63. The zero-order valence-corrected chi connectivity index (χ0v) is 28.2.